The predicted molar refractivity (Wildman–Crippen MR) is 112 cm³/mol. The average molecular weight is 452 g/mol. The maximum atomic E-state index is 14.7. The normalized spacial score (nSPS) is 18.3. The van der Waals surface area contributed by atoms with Crippen LogP contribution in [0.3, 0.4) is 0 Å². The van der Waals surface area contributed by atoms with Crippen LogP contribution in [0.5, 0.6) is 0 Å². The van der Waals surface area contributed by atoms with Gasteiger partial charge in [0.15, 0.2) is 0 Å². The van der Waals surface area contributed by atoms with Crippen LogP contribution in [0.1, 0.15) is 17.2 Å². The van der Waals surface area contributed by atoms with E-state index in [-0.39, 0.29) is 16.9 Å². The molecule has 1 atom stereocenters. The first-order valence-electron chi connectivity index (χ1n) is 8.85. The van der Waals surface area contributed by atoms with Gasteiger partial charge in [0.1, 0.15) is 11.6 Å². The summed E-state index contributed by atoms with van der Waals surface area (Å²) in [6.45, 7) is 0. The summed E-state index contributed by atoms with van der Waals surface area (Å²) in [5.74, 6) is -2.59. The van der Waals surface area contributed by atoms with Crippen molar-refractivity contribution in [2.45, 2.75) is 6.04 Å². The first kappa shape index (κ1) is 19.1. The molecular formula is C23H15BrFNO3. The number of nitrogens with zero attached hydrogens (tertiary/aromatic N) is 1. The van der Waals surface area contributed by atoms with E-state index < -0.39 is 23.5 Å². The molecule has 6 heteroatoms. The largest absolute Gasteiger partial charge is 0.507 e. The van der Waals surface area contributed by atoms with Gasteiger partial charge in [0, 0.05) is 21.3 Å². The van der Waals surface area contributed by atoms with Crippen molar-refractivity contribution in [3.63, 3.8) is 0 Å². The molecule has 1 amide bonds. The van der Waals surface area contributed by atoms with E-state index in [0.29, 0.717) is 11.3 Å². The maximum absolute atomic E-state index is 14.7. The molecule has 1 N–H and O–H groups in total. The minimum atomic E-state index is -1.09. The number of aliphatic hydroxyl groups excluding tert-OH is 1. The lowest BCUT2D eigenvalue weighted by Gasteiger charge is -2.25. The molecule has 29 heavy (non-hydrogen) atoms. The summed E-state index contributed by atoms with van der Waals surface area (Å²) in [7, 11) is 0. The Balaban J connectivity index is 1.97. The van der Waals surface area contributed by atoms with E-state index in [1.807, 2.05) is 0 Å². The van der Waals surface area contributed by atoms with Crippen molar-refractivity contribution >= 4 is 39.1 Å². The predicted octanol–water partition coefficient (Wildman–Crippen LogP) is 5.21. The Kier molecular flexibility index (Phi) is 5.03. The van der Waals surface area contributed by atoms with Crippen molar-refractivity contribution in [1.82, 2.24) is 0 Å². The summed E-state index contributed by atoms with van der Waals surface area (Å²) >= 11 is 3.34. The van der Waals surface area contributed by atoms with Gasteiger partial charge < -0.3 is 5.11 Å². The minimum Gasteiger partial charge on any atom is -0.507 e. The number of hydrogen-bond acceptors (Lipinski definition) is 3. The fourth-order valence-electron chi connectivity index (χ4n) is 3.44. The van der Waals surface area contributed by atoms with Gasteiger partial charge in [-0.1, -0.05) is 64.5 Å². The van der Waals surface area contributed by atoms with Crippen molar-refractivity contribution in [2.75, 3.05) is 4.90 Å². The number of rotatable bonds is 3. The van der Waals surface area contributed by atoms with E-state index in [2.05, 4.69) is 15.9 Å². The van der Waals surface area contributed by atoms with E-state index in [1.54, 1.807) is 60.7 Å². The molecule has 0 radical (unpaired) electrons. The van der Waals surface area contributed by atoms with Gasteiger partial charge in [-0.25, -0.2) is 4.39 Å². The molecule has 4 nitrogen and oxygen atoms in total. The molecule has 4 rings (SSSR count). The van der Waals surface area contributed by atoms with Crippen LogP contribution in [-0.4, -0.2) is 16.8 Å². The topological polar surface area (TPSA) is 57.6 Å². The second-order valence-electron chi connectivity index (χ2n) is 6.53. The molecule has 0 bridgehead atoms. The number of hydrogen-bond donors (Lipinski definition) is 1. The van der Waals surface area contributed by atoms with Crippen molar-refractivity contribution in [3.05, 3.63) is 106 Å². The smallest absolute Gasteiger partial charge is 0.300 e. The third kappa shape index (κ3) is 3.36. The highest BCUT2D eigenvalue weighted by Crippen LogP contribution is 2.42. The van der Waals surface area contributed by atoms with Crippen LogP contribution in [0.4, 0.5) is 10.1 Å². The van der Waals surface area contributed by atoms with Gasteiger partial charge in [0.2, 0.25) is 0 Å². The number of carbonyl (C=O) groups excluding carboxylic acids is 2. The quantitative estimate of drug-likeness (QED) is 0.337. The summed E-state index contributed by atoms with van der Waals surface area (Å²) in [4.78, 5) is 27.1. The second kappa shape index (κ2) is 7.64. The van der Waals surface area contributed by atoms with Crippen molar-refractivity contribution in [2.24, 2.45) is 0 Å². The number of aliphatic hydroxyl groups is 1. The number of carbonyl (C=O) groups is 2. The first-order valence-corrected chi connectivity index (χ1v) is 9.64. The van der Waals surface area contributed by atoms with Gasteiger partial charge in [0.25, 0.3) is 11.7 Å². The Morgan fingerprint density at radius 2 is 1.52 bits per heavy atom. The Bertz CT molecular complexity index is 1130. The SMILES string of the molecule is O=C1C(=O)N(c2ccc(Br)cc2)C(c2ccccc2F)/C1=C(\O)c1ccccc1. The van der Waals surface area contributed by atoms with Crippen LogP contribution < -0.4 is 4.90 Å². The number of ketones is 1. The molecule has 1 heterocycles. The molecule has 1 unspecified atom stereocenters. The summed E-state index contributed by atoms with van der Waals surface area (Å²) in [6.07, 6.45) is 0. The Morgan fingerprint density at radius 1 is 0.897 bits per heavy atom. The van der Waals surface area contributed by atoms with E-state index in [1.165, 1.54) is 23.1 Å². The molecule has 1 saturated heterocycles. The monoisotopic (exact) mass is 451 g/mol. The first-order chi connectivity index (χ1) is 14.0. The summed E-state index contributed by atoms with van der Waals surface area (Å²) in [5.41, 5.74) is 0.791. The number of benzene rings is 3. The van der Waals surface area contributed by atoms with Crippen LogP contribution in [0, 0.1) is 5.82 Å². The van der Waals surface area contributed by atoms with Gasteiger partial charge in [-0.3, -0.25) is 14.5 Å². The number of anilines is 1. The molecule has 0 spiro atoms. The van der Waals surface area contributed by atoms with Crippen molar-refractivity contribution in [3.8, 4) is 0 Å². The van der Waals surface area contributed by atoms with E-state index in [4.69, 9.17) is 0 Å². The van der Waals surface area contributed by atoms with Gasteiger partial charge in [-0.2, -0.15) is 0 Å². The second-order valence-corrected chi connectivity index (χ2v) is 7.45. The zero-order valence-electron chi connectivity index (χ0n) is 15.0. The van der Waals surface area contributed by atoms with Crippen molar-refractivity contribution in [1.29, 1.82) is 0 Å². The fraction of sp³-hybridized carbons (Fsp3) is 0.0435. The highest BCUT2D eigenvalue weighted by Gasteiger charge is 2.47. The van der Waals surface area contributed by atoms with Gasteiger partial charge in [-0.05, 0) is 30.3 Å². The Morgan fingerprint density at radius 3 is 2.17 bits per heavy atom. The zero-order chi connectivity index (χ0) is 20.5. The molecule has 1 fully saturated rings. The summed E-state index contributed by atoms with van der Waals surface area (Å²) < 4.78 is 15.5. The minimum absolute atomic E-state index is 0.132. The molecule has 3 aromatic carbocycles. The standard InChI is InChI=1S/C23H15BrFNO3/c24-15-10-12-16(13-11-15)26-20(17-8-4-5-9-18(17)25)19(22(28)23(26)29)21(27)14-6-2-1-3-7-14/h1-13,20,27H/b21-19+. The molecule has 1 aliphatic heterocycles. The highest BCUT2D eigenvalue weighted by molar-refractivity contribution is 9.10. The highest BCUT2D eigenvalue weighted by atomic mass is 79.9. The zero-order valence-corrected chi connectivity index (χ0v) is 16.6. The van der Waals surface area contributed by atoms with E-state index >= 15 is 0 Å². The third-order valence-corrected chi connectivity index (χ3v) is 5.32. The Hall–Kier alpha value is -3.25. The summed E-state index contributed by atoms with van der Waals surface area (Å²) in [6, 6.07) is 20.0. The lowest BCUT2D eigenvalue weighted by molar-refractivity contribution is -0.132. The molecule has 3 aromatic rings. The van der Waals surface area contributed by atoms with Gasteiger partial charge in [0.05, 0.1) is 11.6 Å². The van der Waals surface area contributed by atoms with Crippen LogP contribution in [0.2, 0.25) is 0 Å². The molecule has 1 aliphatic rings. The number of Topliss-reactive ketones (excluding diaryl/α,β-unsaturated/α-hetero) is 1. The third-order valence-electron chi connectivity index (χ3n) is 4.80. The molecule has 0 aromatic heterocycles. The van der Waals surface area contributed by atoms with Gasteiger partial charge >= 0.3 is 0 Å². The van der Waals surface area contributed by atoms with Crippen LogP contribution in [0.15, 0.2) is 88.9 Å². The van der Waals surface area contributed by atoms with Crippen LogP contribution >= 0.6 is 15.9 Å². The number of halogens is 2. The lowest BCUT2D eigenvalue weighted by atomic mass is 9.95. The van der Waals surface area contributed by atoms with Gasteiger partial charge in [-0.15, -0.1) is 0 Å². The van der Waals surface area contributed by atoms with Crippen molar-refractivity contribution < 1.29 is 19.1 Å². The van der Waals surface area contributed by atoms with Crippen LogP contribution in [0.25, 0.3) is 5.76 Å². The van der Waals surface area contributed by atoms with E-state index in [0.717, 1.165) is 4.47 Å². The molecular weight excluding hydrogens is 437 g/mol. The fourth-order valence-corrected chi connectivity index (χ4v) is 3.71. The molecule has 144 valence electrons. The molecule has 0 saturated carbocycles. The maximum Gasteiger partial charge on any atom is 0.300 e. The Labute approximate surface area is 175 Å². The number of amides is 1. The lowest BCUT2D eigenvalue weighted by Crippen LogP contribution is -2.29. The van der Waals surface area contributed by atoms with Crippen LogP contribution in [-0.2, 0) is 9.59 Å². The van der Waals surface area contributed by atoms with E-state index in [9.17, 15) is 19.1 Å². The molecule has 0 aliphatic carbocycles. The average Bonchev–Trinajstić information content (AvgIpc) is 3.00. The summed E-state index contributed by atoms with van der Waals surface area (Å²) in [5, 5.41) is 10.9.